The Hall–Kier alpha value is -1.15. The van der Waals surface area contributed by atoms with Crippen molar-refractivity contribution in [2.24, 2.45) is 4.99 Å². The number of halogens is 1. The highest BCUT2D eigenvalue weighted by molar-refractivity contribution is 14.0. The van der Waals surface area contributed by atoms with Gasteiger partial charge in [-0.3, -0.25) is 4.99 Å². The summed E-state index contributed by atoms with van der Waals surface area (Å²) in [6.07, 6.45) is 2.09. The molecule has 0 radical (unpaired) electrons. The predicted molar refractivity (Wildman–Crippen MR) is 117 cm³/mol. The van der Waals surface area contributed by atoms with E-state index in [9.17, 15) is 0 Å². The lowest BCUT2D eigenvalue weighted by molar-refractivity contribution is 0.791. The fraction of sp³-hybridized carbons (Fsp3) is 0.474. The highest BCUT2D eigenvalue weighted by atomic mass is 127. The van der Waals surface area contributed by atoms with Crippen molar-refractivity contribution in [2.45, 2.75) is 45.6 Å². The van der Waals surface area contributed by atoms with Gasteiger partial charge in [-0.25, -0.2) is 4.98 Å². The topological polar surface area (TPSA) is 49.3 Å². The summed E-state index contributed by atoms with van der Waals surface area (Å²) in [4.78, 5) is 10.6. The number of hydrogen-bond donors (Lipinski definition) is 2. The van der Waals surface area contributed by atoms with Crippen molar-refractivity contribution in [1.82, 2.24) is 15.6 Å². The first-order valence-electron chi connectivity index (χ1n) is 8.70. The number of thiazole rings is 1. The molecule has 1 saturated carbocycles. The zero-order valence-corrected chi connectivity index (χ0v) is 18.2. The molecule has 2 aromatic rings. The molecule has 1 aromatic heterocycles. The van der Waals surface area contributed by atoms with Crippen molar-refractivity contribution >= 4 is 41.3 Å². The second-order valence-electron chi connectivity index (χ2n) is 6.26. The lowest BCUT2D eigenvalue weighted by Crippen LogP contribution is -2.39. The summed E-state index contributed by atoms with van der Waals surface area (Å²) >= 11 is 1.78. The monoisotopic (exact) mass is 470 g/mol. The zero-order valence-electron chi connectivity index (χ0n) is 15.1. The van der Waals surface area contributed by atoms with Crippen LogP contribution >= 0.6 is 35.3 Å². The average Bonchev–Trinajstić information content (AvgIpc) is 3.27. The summed E-state index contributed by atoms with van der Waals surface area (Å²) in [5.41, 5.74) is 2.56. The average molecular weight is 470 g/mol. The van der Waals surface area contributed by atoms with Gasteiger partial charge in [0.1, 0.15) is 0 Å². The summed E-state index contributed by atoms with van der Waals surface area (Å²) in [5.74, 6) is 1.53. The molecule has 1 heterocycles. The largest absolute Gasteiger partial charge is 0.357 e. The Labute approximate surface area is 171 Å². The third-order valence-corrected chi connectivity index (χ3v) is 5.49. The van der Waals surface area contributed by atoms with E-state index in [1.54, 1.807) is 11.3 Å². The molecule has 2 atom stereocenters. The first kappa shape index (κ1) is 20.2. The van der Waals surface area contributed by atoms with Gasteiger partial charge in [0, 0.05) is 36.3 Å². The summed E-state index contributed by atoms with van der Waals surface area (Å²) < 4.78 is 0. The molecule has 3 rings (SSSR count). The third kappa shape index (κ3) is 5.67. The summed E-state index contributed by atoms with van der Waals surface area (Å²) in [5, 5.41) is 8.09. The Morgan fingerprint density at radius 2 is 2.04 bits per heavy atom. The van der Waals surface area contributed by atoms with E-state index in [4.69, 9.17) is 4.99 Å². The molecule has 1 aromatic carbocycles. The normalized spacial score (nSPS) is 19.2. The maximum atomic E-state index is 4.72. The van der Waals surface area contributed by atoms with Gasteiger partial charge in [0.05, 0.1) is 10.7 Å². The van der Waals surface area contributed by atoms with Crippen molar-refractivity contribution in [3.8, 4) is 0 Å². The van der Waals surface area contributed by atoms with Crippen molar-refractivity contribution in [3.63, 3.8) is 0 Å². The second-order valence-corrected chi connectivity index (χ2v) is 7.55. The Kier molecular flexibility index (Phi) is 7.68. The van der Waals surface area contributed by atoms with Crippen LogP contribution < -0.4 is 10.6 Å². The molecule has 4 nitrogen and oxygen atoms in total. The molecule has 1 aliphatic carbocycles. The number of rotatable bonds is 6. The minimum atomic E-state index is 0. The van der Waals surface area contributed by atoms with Gasteiger partial charge in [0.15, 0.2) is 5.96 Å². The number of guanidine groups is 1. The first-order valence-corrected chi connectivity index (χ1v) is 9.51. The smallest absolute Gasteiger partial charge is 0.191 e. The molecule has 0 aliphatic heterocycles. The SMILES string of the molecule is CCNC(=NCCc1nc(C)c(C)s1)NC1CC1c1ccccc1.I. The minimum absolute atomic E-state index is 0. The van der Waals surface area contributed by atoms with E-state index in [0.717, 1.165) is 31.2 Å². The van der Waals surface area contributed by atoms with Gasteiger partial charge in [0.2, 0.25) is 0 Å². The van der Waals surface area contributed by atoms with Gasteiger partial charge in [-0.15, -0.1) is 35.3 Å². The number of benzene rings is 1. The molecule has 0 saturated heterocycles. The van der Waals surface area contributed by atoms with Gasteiger partial charge in [-0.1, -0.05) is 30.3 Å². The highest BCUT2D eigenvalue weighted by Gasteiger charge is 2.38. The van der Waals surface area contributed by atoms with E-state index in [-0.39, 0.29) is 24.0 Å². The summed E-state index contributed by atoms with van der Waals surface area (Å²) in [7, 11) is 0. The molecule has 2 unspecified atom stereocenters. The van der Waals surface area contributed by atoms with Crippen molar-refractivity contribution in [1.29, 1.82) is 0 Å². The van der Waals surface area contributed by atoms with Crippen LogP contribution in [-0.4, -0.2) is 30.1 Å². The molecule has 2 N–H and O–H groups in total. The van der Waals surface area contributed by atoms with Crippen LogP contribution in [0.2, 0.25) is 0 Å². The van der Waals surface area contributed by atoms with Gasteiger partial charge >= 0.3 is 0 Å². The third-order valence-electron chi connectivity index (χ3n) is 4.35. The van der Waals surface area contributed by atoms with Crippen molar-refractivity contribution in [2.75, 3.05) is 13.1 Å². The number of aromatic nitrogens is 1. The molecule has 25 heavy (non-hydrogen) atoms. The molecule has 1 aliphatic rings. The summed E-state index contributed by atoms with van der Waals surface area (Å²) in [6, 6.07) is 11.2. The van der Waals surface area contributed by atoms with E-state index in [1.165, 1.54) is 21.9 Å². The lowest BCUT2D eigenvalue weighted by Gasteiger charge is -2.11. The van der Waals surface area contributed by atoms with Crippen LogP contribution in [0.1, 0.15) is 40.4 Å². The van der Waals surface area contributed by atoms with Gasteiger partial charge < -0.3 is 10.6 Å². The van der Waals surface area contributed by atoms with Crippen LogP contribution in [0.25, 0.3) is 0 Å². The van der Waals surface area contributed by atoms with Crippen LogP contribution in [-0.2, 0) is 6.42 Å². The number of nitrogens with zero attached hydrogens (tertiary/aromatic N) is 2. The van der Waals surface area contributed by atoms with Crippen LogP contribution in [0, 0.1) is 13.8 Å². The van der Waals surface area contributed by atoms with E-state index >= 15 is 0 Å². The molecule has 136 valence electrons. The Morgan fingerprint density at radius 3 is 2.68 bits per heavy atom. The fourth-order valence-corrected chi connectivity index (χ4v) is 3.75. The van der Waals surface area contributed by atoms with E-state index in [0.29, 0.717) is 12.0 Å². The Balaban J connectivity index is 0.00000225. The van der Waals surface area contributed by atoms with E-state index < -0.39 is 0 Å². The minimum Gasteiger partial charge on any atom is -0.357 e. The Bertz CT molecular complexity index is 679. The summed E-state index contributed by atoms with van der Waals surface area (Å²) in [6.45, 7) is 7.95. The maximum absolute atomic E-state index is 4.72. The molecule has 1 fully saturated rings. The maximum Gasteiger partial charge on any atom is 0.191 e. The van der Waals surface area contributed by atoms with Crippen LogP contribution in [0.15, 0.2) is 35.3 Å². The zero-order chi connectivity index (χ0) is 16.9. The standard InChI is InChI=1S/C19H26N4S.HI/c1-4-20-19(21-11-10-18-22-13(2)14(3)24-18)23-17-12-16(17)15-8-6-5-7-9-15;/h5-9,16-17H,4,10-12H2,1-3H3,(H2,20,21,23);1H. The molecule has 6 heteroatoms. The van der Waals surface area contributed by atoms with Gasteiger partial charge in [0.25, 0.3) is 0 Å². The molecular formula is C19H27IN4S. The number of aryl methyl sites for hydroxylation is 2. The molecule has 0 bridgehead atoms. The first-order chi connectivity index (χ1) is 11.7. The molecule has 0 spiro atoms. The predicted octanol–water partition coefficient (Wildman–Crippen LogP) is 4.03. The van der Waals surface area contributed by atoms with E-state index in [1.807, 2.05) is 0 Å². The highest BCUT2D eigenvalue weighted by Crippen LogP contribution is 2.40. The van der Waals surface area contributed by atoms with Crippen molar-refractivity contribution < 1.29 is 0 Å². The second kappa shape index (κ2) is 9.52. The number of hydrogen-bond acceptors (Lipinski definition) is 3. The van der Waals surface area contributed by atoms with Crippen LogP contribution in [0.4, 0.5) is 0 Å². The molecular weight excluding hydrogens is 443 g/mol. The fourth-order valence-electron chi connectivity index (χ4n) is 2.83. The number of aliphatic imine (C=N–C) groups is 1. The molecule has 0 amide bonds. The van der Waals surface area contributed by atoms with Gasteiger partial charge in [-0.2, -0.15) is 0 Å². The quantitative estimate of drug-likeness (QED) is 0.381. The Morgan fingerprint density at radius 1 is 1.28 bits per heavy atom. The van der Waals surface area contributed by atoms with Crippen LogP contribution in [0.5, 0.6) is 0 Å². The van der Waals surface area contributed by atoms with E-state index in [2.05, 4.69) is 66.7 Å². The lowest BCUT2D eigenvalue weighted by atomic mass is 10.1. The number of nitrogens with one attached hydrogen (secondary N) is 2. The van der Waals surface area contributed by atoms with Crippen molar-refractivity contribution in [3.05, 3.63) is 51.5 Å². The van der Waals surface area contributed by atoms with Gasteiger partial charge in [-0.05, 0) is 32.8 Å². The van der Waals surface area contributed by atoms with Crippen LogP contribution in [0.3, 0.4) is 0 Å².